The summed E-state index contributed by atoms with van der Waals surface area (Å²) in [5, 5.41) is 9.33. The monoisotopic (exact) mass is 152 g/mol. The summed E-state index contributed by atoms with van der Waals surface area (Å²) in [6.45, 7) is 5.85. The molecule has 0 aliphatic carbocycles. The summed E-state index contributed by atoms with van der Waals surface area (Å²) >= 11 is 0. The van der Waals surface area contributed by atoms with Crippen molar-refractivity contribution >= 4 is 0 Å². The average Bonchev–Trinajstić information content (AvgIpc) is 1.82. The van der Waals surface area contributed by atoms with Gasteiger partial charge in [-0.25, -0.2) is 0 Å². The third-order valence-electron chi connectivity index (χ3n) is 1.64. The van der Waals surface area contributed by atoms with E-state index in [4.69, 9.17) is 0 Å². The highest BCUT2D eigenvalue weighted by molar-refractivity contribution is 5.41. The number of hydrogen-bond donors (Lipinski definition) is 1. The Morgan fingerprint density at radius 2 is 1.36 bits per heavy atom. The van der Waals surface area contributed by atoms with Gasteiger partial charge in [-0.2, -0.15) is 0 Å². The maximum atomic E-state index is 9.33. The third-order valence-corrected chi connectivity index (χ3v) is 1.64. The molecule has 0 heterocycles. The number of hydrogen-bond acceptors (Lipinski definition) is 1. The topological polar surface area (TPSA) is 20.2 Å². The van der Waals surface area contributed by atoms with E-state index in [0.717, 1.165) is 11.1 Å². The van der Waals surface area contributed by atoms with Crippen molar-refractivity contribution in [3.8, 4) is 5.75 Å². The van der Waals surface area contributed by atoms with Crippen molar-refractivity contribution in [1.82, 2.24) is 0 Å². The molecular formula is C10H16O. The van der Waals surface area contributed by atoms with Gasteiger partial charge in [-0.05, 0) is 31.9 Å². The lowest BCUT2D eigenvalue weighted by Crippen LogP contribution is -1.81. The number of phenolic OH excluding ortho intramolecular Hbond substituents is 1. The molecule has 0 saturated carbocycles. The summed E-state index contributed by atoms with van der Waals surface area (Å²) in [4.78, 5) is 0. The van der Waals surface area contributed by atoms with E-state index in [1.54, 1.807) is 0 Å². The number of phenols is 1. The van der Waals surface area contributed by atoms with Crippen molar-refractivity contribution in [2.45, 2.75) is 28.2 Å². The van der Waals surface area contributed by atoms with Crippen LogP contribution in [0.15, 0.2) is 12.1 Å². The van der Waals surface area contributed by atoms with Crippen LogP contribution in [0.2, 0.25) is 0 Å². The Morgan fingerprint density at radius 1 is 1.00 bits per heavy atom. The van der Waals surface area contributed by atoms with Crippen molar-refractivity contribution in [1.29, 1.82) is 0 Å². The minimum atomic E-state index is 0. The molecule has 1 aromatic carbocycles. The van der Waals surface area contributed by atoms with E-state index in [2.05, 4.69) is 0 Å². The van der Waals surface area contributed by atoms with Crippen LogP contribution in [0.1, 0.15) is 24.1 Å². The Kier molecular flexibility index (Phi) is 3.12. The number of rotatable bonds is 0. The fourth-order valence-corrected chi connectivity index (χ4v) is 1.17. The van der Waals surface area contributed by atoms with Gasteiger partial charge in [0.25, 0.3) is 0 Å². The normalized spacial score (nSPS) is 9.00. The molecule has 0 bridgehead atoms. The van der Waals surface area contributed by atoms with Gasteiger partial charge in [-0.1, -0.05) is 25.1 Å². The second kappa shape index (κ2) is 3.42. The van der Waals surface area contributed by atoms with Crippen LogP contribution in [0.4, 0.5) is 0 Å². The minimum Gasteiger partial charge on any atom is -0.507 e. The molecule has 0 aromatic heterocycles. The first-order chi connectivity index (χ1) is 4.61. The fraction of sp³-hybridized carbons (Fsp3) is 0.400. The minimum absolute atomic E-state index is 0. The van der Waals surface area contributed by atoms with Crippen molar-refractivity contribution in [2.75, 3.05) is 0 Å². The molecule has 0 atom stereocenters. The molecule has 0 amide bonds. The zero-order chi connectivity index (χ0) is 7.72. The van der Waals surface area contributed by atoms with Crippen LogP contribution in [0.3, 0.4) is 0 Å². The molecule has 0 unspecified atom stereocenters. The molecule has 0 spiro atoms. The molecule has 0 aliphatic rings. The second-order valence-electron chi connectivity index (χ2n) is 2.75. The second-order valence-corrected chi connectivity index (χ2v) is 2.75. The quantitative estimate of drug-likeness (QED) is 0.606. The van der Waals surface area contributed by atoms with Crippen LogP contribution in [-0.2, 0) is 0 Å². The summed E-state index contributed by atoms with van der Waals surface area (Å²) < 4.78 is 0. The van der Waals surface area contributed by atoms with Gasteiger partial charge in [-0.15, -0.1) is 0 Å². The average molecular weight is 152 g/mol. The number of aryl methyl sites for hydroxylation is 3. The molecule has 1 aromatic rings. The molecule has 1 N–H and O–H groups in total. The first-order valence-corrected chi connectivity index (χ1v) is 3.38. The maximum absolute atomic E-state index is 9.33. The highest BCUT2D eigenvalue weighted by Gasteiger charge is 1.98. The van der Waals surface area contributed by atoms with E-state index < -0.39 is 0 Å². The first kappa shape index (κ1) is 10.0. The van der Waals surface area contributed by atoms with Gasteiger partial charge >= 0.3 is 0 Å². The standard InChI is InChI=1S/C9H12O.CH4/c1-6-4-7(2)9(10)8(3)5-6;/h4-5,10H,1-3H3;1H4. The molecular weight excluding hydrogens is 136 g/mol. The van der Waals surface area contributed by atoms with Crippen LogP contribution in [-0.4, -0.2) is 5.11 Å². The van der Waals surface area contributed by atoms with Crippen molar-refractivity contribution < 1.29 is 5.11 Å². The lowest BCUT2D eigenvalue weighted by atomic mass is 10.1. The van der Waals surface area contributed by atoms with Gasteiger partial charge in [0.15, 0.2) is 0 Å². The van der Waals surface area contributed by atoms with Crippen LogP contribution >= 0.6 is 0 Å². The Hall–Kier alpha value is -0.980. The molecule has 0 aliphatic heterocycles. The summed E-state index contributed by atoms with van der Waals surface area (Å²) in [5.74, 6) is 0.422. The molecule has 1 heteroatoms. The number of aromatic hydroxyl groups is 1. The molecule has 62 valence electrons. The summed E-state index contributed by atoms with van der Waals surface area (Å²) in [7, 11) is 0. The van der Waals surface area contributed by atoms with E-state index in [9.17, 15) is 5.11 Å². The Balaban J connectivity index is 0.000001000. The predicted octanol–water partition coefficient (Wildman–Crippen LogP) is 2.95. The van der Waals surface area contributed by atoms with Gasteiger partial charge in [0.1, 0.15) is 5.75 Å². The van der Waals surface area contributed by atoms with E-state index in [1.165, 1.54) is 5.56 Å². The summed E-state index contributed by atoms with van der Waals surface area (Å²) in [6, 6.07) is 3.95. The first-order valence-electron chi connectivity index (χ1n) is 3.38. The van der Waals surface area contributed by atoms with Crippen molar-refractivity contribution in [3.63, 3.8) is 0 Å². The van der Waals surface area contributed by atoms with E-state index in [0.29, 0.717) is 5.75 Å². The lowest BCUT2D eigenvalue weighted by Gasteiger charge is -2.03. The van der Waals surface area contributed by atoms with E-state index in [-0.39, 0.29) is 7.43 Å². The molecule has 1 nitrogen and oxygen atoms in total. The highest BCUT2D eigenvalue weighted by Crippen LogP contribution is 2.21. The van der Waals surface area contributed by atoms with Crippen LogP contribution in [0.5, 0.6) is 5.75 Å². The maximum Gasteiger partial charge on any atom is 0.121 e. The predicted molar refractivity (Wildman–Crippen MR) is 49.0 cm³/mol. The molecule has 1 rings (SSSR count). The lowest BCUT2D eigenvalue weighted by molar-refractivity contribution is 0.466. The van der Waals surface area contributed by atoms with E-state index >= 15 is 0 Å². The van der Waals surface area contributed by atoms with Gasteiger partial charge in [0, 0.05) is 0 Å². The molecule has 0 saturated heterocycles. The van der Waals surface area contributed by atoms with Crippen molar-refractivity contribution in [2.24, 2.45) is 0 Å². The zero-order valence-corrected chi connectivity index (χ0v) is 6.60. The highest BCUT2D eigenvalue weighted by atomic mass is 16.3. The molecule has 11 heavy (non-hydrogen) atoms. The third kappa shape index (κ3) is 1.97. The number of benzene rings is 1. The van der Waals surface area contributed by atoms with Gasteiger partial charge in [0.05, 0.1) is 0 Å². The molecule has 0 radical (unpaired) electrons. The van der Waals surface area contributed by atoms with Crippen LogP contribution in [0, 0.1) is 20.8 Å². The van der Waals surface area contributed by atoms with Crippen LogP contribution < -0.4 is 0 Å². The van der Waals surface area contributed by atoms with E-state index in [1.807, 2.05) is 32.9 Å². The molecule has 0 fully saturated rings. The van der Waals surface area contributed by atoms with Gasteiger partial charge in [-0.3, -0.25) is 0 Å². The Morgan fingerprint density at radius 3 is 1.73 bits per heavy atom. The Labute approximate surface area is 68.7 Å². The SMILES string of the molecule is C.Cc1cc(C)c(O)c(C)c1. The zero-order valence-electron chi connectivity index (χ0n) is 6.60. The Bertz CT molecular complexity index is 228. The summed E-state index contributed by atoms with van der Waals surface area (Å²) in [5.41, 5.74) is 3.11. The summed E-state index contributed by atoms with van der Waals surface area (Å²) in [6.07, 6.45) is 0. The van der Waals surface area contributed by atoms with Crippen LogP contribution in [0.25, 0.3) is 0 Å². The van der Waals surface area contributed by atoms with Crippen molar-refractivity contribution in [3.05, 3.63) is 28.8 Å². The smallest absolute Gasteiger partial charge is 0.121 e. The van der Waals surface area contributed by atoms with Gasteiger partial charge in [0.2, 0.25) is 0 Å². The largest absolute Gasteiger partial charge is 0.507 e. The van der Waals surface area contributed by atoms with Gasteiger partial charge < -0.3 is 5.11 Å². The fourth-order valence-electron chi connectivity index (χ4n) is 1.17.